The molecule has 2 saturated heterocycles. The van der Waals surface area contributed by atoms with Gasteiger partial charge in [0.05, 0.1) is 0 Å². The van der Waals surface area contributed by atoms with Crippen LogP contribution in [0.15, 0.2) is 0 Å². The van der Waals surface area contributed by atoms with Gasteiger partial charge in [-0.15, -0.1) is 0 Å². The highest BCUT2D eigenvalue weighted by molar-refractivity contribution is 6.28. The molecule has 110 valence electrons. The Hall–Kier alpha value is -1.14. The van der Waals surface area contributed by atoms with Crippen LogP contribution >= 0.6 is 11.6 Å². The fraction of sp³-hybridized carbons (Fsp3) is 0.769. The van der Waals surface area contributed by atoms with Crippen LogP contribution in [0.4, 0.5) is 11.9 Å². The molecule has 0 saturated carbocycles. The van der Waals surface area contributed by atoms with Crippen LogP contribution in [0.25, 0.3) is 0 Å². The number of rotatable bonds is 3. The minimum atomic E-state index is 0.296. The maximum absolute atomic E-state index is 6.08. The summed E-state index contributed by atoms with van der Waals surface area (Å²) in [6, 6.07) is 0.556. The van der Waals surface area contributed by atoms with Crippen molar-refractivity contribution in [3.05, 3.63) is 5.28 Å². The zero-order chi connectivity index (χ0) is 14.1. The molecule has 1 aromatic heterocycles. The van der Waals surface area contributed by atoms with E-state index in [2.05, 4.69) is 43.7 Å². The first-order valence-electron chi connectivity index (χ1n) is 7.21. The van der Waals surface area contributed by atoms with Gasteiger partial charge < -0.3 is 14.7 Å². The Kier molecular flexibility index (Phi) is 3.94. The number of aromatic nitrogens is 3. The predicted molar refractivity (Wildman–Crippen MR) is 80.6 cm³/mol. The van der Waals surface area contributed by atoms with Crippen LogP contribution in [0, 0.1) is 0 Å². The molecule has 6 nitrogen and oxygen atoms in total. The summed E-state index contributed by atoms with van der Waals surface area (Å²) in [5.41, 5.74) is 0. The summed E-state index contributed by atoms with van der Waals surface area (Å²) in [7, 11) is 4.23. The third-order valence-corrected chi connectivity index (χ3v) is 4.32. The maximum atomic E-state index is 6.08. The summed E-state index contributed by atoms with van der Waals surface area (Å²) in [6.45, 7) is 3.95. The average molecular weight is 297 g/mol. The molecule has 3 rings (SSSR count). The second-order valence-corrected chi connectivity index (χ2v) is 6.09. The number of hydrogen-bond acceptors (Lipinski definition) is 6. The first kappa shape index (κ1) is 13.8. The Morgan fingerprint density at radius 2 is 1.65 bits per heavy atom. The van der Waals surface area contributed by atoms with Crippen molar-refractivity contribution in [1.82, 2.24) is 19.9 Å². The van der Waals surface area contributed by atoms with E-state index in [-0.39, 0.29) is 0 Å². The van der Waals surface area contributed by atoms with E-state index in [9.17, 15) is 0 Å². The summed E-state index contributed by atoms with van der Waals surface area (Å²) in [4.78, 5) is 19.8. The molecular formula is C13H21ClN6. The molecule has 0 aromatic carbocycles. The largest absolute Gasteiger partial charge is 0.341 e. The van der Waals surface area contributed by atoms with E-state index >= 15 is 0 Å². The molecule has 20 heavy (non-hydrogen) atoms. The second kappa shape index (κ2) is 5.69. The number of halogens is 1. The Labute approximate surface area is 124 Å². The molecule has 3 heterocycles. The molecule has 0 bridgehead atoms. The van der Waals surface area contributed by atoms with E-state index < -0.39 is 0 Å². The SMILES string of the molecule is CN(C)C1CCN(c2nc(Cl)nc(N3CCCC3)n2)C1. The lowest BCUT2D eigenvalue weighted by atomic mass is 10.2. The van der Waals surface area contributed by atoms with Crippen molar-refractivity contribution in [2.75, 3.05) is 50.1 Å². The Bertz CT molecular complexity index is 474. The van der Waals surface area contributed by atoms with Gasteiger partial charge in [0, 0.05) is 32.2 Å². The first-order valence-corrected chi connectivity index (χ1v) is 7.59. The summed E-state index contributed by atoms with van der Waals surface area (Å²) < 4.78 is 0. The van der Waals surface area contributed by atoms with E-state index in [1.807, 2.05) is 0 Å². The molecule has 0 N–H and O–H groups in total. The Balaban J connectivity index is 1.79. The highest BCUT2D eigenvalue weighted by Crippen LogP contribution is 2.23. The summed E-state index contributed by atoms with van der Waals surface area (Å²) in [5.74, 6) is 1.45. The molecule has 7 heteroatoms. The fourth-order valence-electron chi connectivity index (χ4n) is 2.87. The summed E-state index contributed by atoms with van der Waals surface area (Å²) in [5, 5.41) is 0.296. The molecule has 0 radical (unpaired) electrons. The molecule has 2 aliphatic heterocycles. The summed E-state index contributed by atoms with van der Waals surface area (Å²) in [6.07, 6.45) is 3.53. The Morgan fingerprint density at radius 1 is 1.00 bits per heavy atom. The number of anilines is 2. The topological polar surface area (TPSA) is 48.4 Å². The molecule has 0 aliphatic carbocycles. The van der Waals surface area contributed by atoms with Gasteiger partial charge in [0.15, 0.2) is 0 Å². The van der Waals surface area contributed by atoms with Gasteiger partial charge in [0.2, 0.25) is 17.2 Å². The monoisotopic (exact) mass is 296 g/mol. The quantitative estimate of drug-likeness (QED) is 0.837. The van der Waals surface area contributed by atoms with E-state index in [0.29, 0.717) is 11.3 Å². The molecular weight excluding hydrogens is 276 g/mol. The Morgan fingerprint density at radius 3 is 2.25 bits per heavy atom. The van der Waals surface area contributed by atoms with Crippen LogP contribution in [-0.4, -0.2) is 66.2 Å². The van der Waals surface area contributed by atoms with Crippen molar-refractivity contribution in [1.29, 1.82) is 0 Å². The van der Waals surface area contributed by atoms with Gasteiger partial charge in [-0.25, -0.2) is 0 Å². The van der Waals surface area contributed by atoms with Gasteiger partial charge in [-0.05, 0) is 45.0 Å². The highest BCUT2D eigenvalue weighted by atomic mass is 35.5. The lowest BCUT2D eigenvalue weighted by Crippen LogP contribution is -2.32. The van der Waals surface area contributed by atoms with Gasteiger partial charge in [-0.1, -0.05) is 0 Å². The molecule has 1 atom stereocenters. The van der Waals surface area contributed by atoms with Crippen LogP contribution in [-0.2, 0) is 0 Å². The highest BCUT2D eigenvalue weighted by Gasteiger charge is 2.27. The normalized spacial score (nSPS) is 23.1. The third kappa shape index (κ3) is 2.81. The zero-order valence-electron chi connectivity index (χ0n) is 12.1. The van der Waals surface area contributed by atoms with Crippen molar-refractivity contribution in [2.45, 2.75) is 25.3 Å². The molecule has 2 fully saturated rings. The maximum Gasteiger partial charge on any atom is 0.231 e. The van der Waals surface area contributed by atoms with Gasteiger partial charge in [0.1, 0.15) is 0 Å². The van der Waals surface area contributed by atoms with Crippen LogP contribution in [0.1, 0.15) is 19.3 Å². The molecule has 2 aliphatic rings. The molecule has 0 amide bonds. The molecule has 1 unspecified atom stereocenters. The van der Waals surface area contributed by atoms with Crippen LogP contribution in [0.2, 0.25) is 5.28 Å². The minimum absolute atomic E-state index is 0.296. The summed E-state index contributed by atoms with van der Waals surface area (Å²) >= 11 is 6.08. The lowest BCUT2D eigenvalue weighted by molar-refractivity contribution is 0.315. The van der Waals surface area contributed by atoms with Gasteiger partial charge in [-0.3, -0.25) is 0 Å². The fourth-order valence-corrected chi connectivity index (χ4v) is 3.03. The number of hydrogen-bond donors (Lipinski definition) is 0. The van der Waals surface area contributed by atoms with Crippen LogP contribution < -0.4 is 9.80 Å². The van der Waals surface area contributed by atoms with Gasteiger partial charge in [-0.2, -0.15) is 15.0 Å². The van der Waals surface area contributed by atoms with Crippen molar-refractivity contribution < 1.29 is 0 Å². The molecule has 0 spiro atoms. The van der Waals surface area contributed by atoms with E-state index in [1.54, 1.807) is 0 Å². The van der Waals surface area contributed by atoms with E-state index in [4.69, 9.17) is 11.6 Å². The minimum Gasteiger partial charge on any atom is -0.341 e. The number of likely N-dealkylation sites (N-methyl/N-ethyl adjacent to an activating group) is 1. The van der Waals surface area contributed by atoms with E-state index in [0.717, 1.165) is 44.5 Å². The lowest BCUT2D eigenvalue weighted by Gasteiger charge is -2.21. The number of nitrogens with zero attached hydrogens (tertiary/aromatic N) is 6. The van der Waals surface area contributed by atoms with Crippen molar-refractivity contribution in [3.63, 3.8) is 0 Å². The first-order chi connectivity index (χ1) is 9.63. The van der Waals surface area contributed by atoms with Crippen LogP contribution in [0.3, 0.4) is 0 Å². The smallest absolute Gasteiger partial charge is 0.231 e. The second-order valence-electron chi connectivity index (χ2n) is 5.75. The van der Waals surface area contributed by atoms with Gasteiger partial charge in [0.25, 0.3) is 0 Å². The molecule has 1 aromatic rings. The standard InChI is InChI=1S/C13H21ClN6/c1-18(2)10-5-8-20(9-10)13-16-11(14)15-12(17-13)19-6-3-4-7-19/h10H,3-9H2,1-2H3. The van der Waals surface area contributed by atoms with Crippen LogP contribution in [0.5, 0.6) is 0 Å². The van der Waals surface area contributed by atoms with E-state index in [1.165, 1.54) is 12.8 Å². The predicted octanol–water partition coefficient (Wildman–Crippen LogP) is 1.27. The van der Waals surface area contributed by atoms with Crippen molar-refractivity contribution in [3.8, 4) is 0 Å². The zero-order valence-corrected chi connectivity index (χ0v) is 12.8. The van der Waals surface area contributed by atoms with Crippen molar-refractivity contribution in [2.24, 2.45) is 0 Å². The average Bonchev–Trinajstić information content (AvgIpc) is 3.10. The third-order valence-electron chi connectivity index (χ3n) is 4.15. The van der Waals surface area contributed by atoms with Crippen molar-refractivity contribution >= 4 is 23.5 Å². The van der Waals surface area contributed by atoms with Gasteiger partial charge >= 0.3 is 0 Å².